The summed E-state index contributed by atoms with van der Waals surface area (Å²) < 4.78 is 11.6. The van der Waals surface area contributed by atoms with Crippen molar-refractivity contribution < 1.29 is 14.7 Å². The molecule has 0 atom stereocenters. The van der Waals surface area contributed by atoms with Gasteiger partial charge in [-0.25, -0.2) is 5.06 Å². The molecule has 0 aliphatic heterocycles. The summed E-state index contributed by atoms with van der Waals surface area (Å²) in [5, 5.41) is 11.5. The zero-order valence-corrected chi connectivity index (χ0v) is 15.3. The van der Waals surface area contributed by atoms with E-state index in [-0.39, 0.29) is 11.2 Å². The van der Waals surface area contributed by atoms with Crippen LogP contribution in [0, 0.1) is 0 Å². The Balaban J connectivity index is 2.09. The molecule has 1 N–H and O–H groups in total. The van der Waals surface area contributed by atoms with Crippen molar-refractivity contribution in [2.45, 2.75) is 52.7 Å². The molecule has 4 nitrogen and oxygen atoms in total. The van der Waals surface area contributed by atoms with Crippen molar-refractivity contribution in [1.29, 1.82) is 0 Å². The predicted octanol–water partition coefficient (Wildman–Crippen LogP) is 5.57. The van der Waals surface area contributed by atoms with Gasteiger partial charge >= 0.3 is 0 Å². The highest BCUT2D eigenvalue weighted by atomic mass is 16.5. The van der Waals surface area contributed by atoms with Crippen LogP contribution in [0.5, 0.6) is 11.5 Å². The monoisotopic (exact) mass is 329 g/mol. The van der Waals surface area contributed by atoms with E-state index in [9.17, 15) is 5.21 Å². The summed E-state index contributed by atoms with van der Waals surface area (Å²) in [6, 6.07) is 14.7. The number of hydrogen-bond acceptors (Lipinski definition) is 4. The van der Waals surface area contributed by atoms with Crippen molar-refractivity contribution in [3.8, 4) is 11.5 Å². The fourth-order valence-corrected chi connectivity index (χ4v) is 2.17. The fourth-order valence-electron chi connectivity index (χ4n) is 2.17. The van der Waals surface area contributed by atoms with Crippen molar-refractivity contribution in [3.63, 3.8) is 0 Å². The molecule has 2 aromatic carbocycles. The summed E-state index contributed by atoms with van der Waals surface area (Å²) in [5.41, 5.74) is 0.841. The smallest absolute Gasteiger partial charge is 0.120 e. The number of hydrogen-bond donors (Lipinski definition) is 1. The lowest BCUT2D eigenvalue weighted by atomic mass is 10.2. The Hall–Kier alpha value is -2.20. The van der Waals surface area contributed by atoms with Crippen LogP contribution in [0.25, 0.3) is 0 Å². The molecule has 24 heavy (non-hydrogen) atoms. The van der Waals surface area contributed by atoms with Crippen molar-refractivity contribution in [2.75, 3.05) is 5.06 Å². The molecular formula is C20H27NO3. The molecule has 0 spiro atoms. The lowest BCUT2D eigenvalue weighted by Crippen LogP contribution is -2.23. The number of rotatable bonds is 4. The molecule has 0 saturated heterocycles. The largest absolute Gasteiger partial charge is 0.488 e. The van der Waals surface area contributed by atoms with Crippen molar-refractivity contribution >= 4 is 11.4 Å². The van der Waals surface area contributed by atoms with Gasteiger partial charge in [-0.2, -0.15) is 0 Å². The zero-order valence-electron chi connectivity index (χ0n) is 15.3. The van der Waals surface area contributed by atoms with Gasteiger partial charge in [-0.3, -0.25) is 5.21 Å². The van der Waals surface area contributed by atoms with Gasteiger partial charge in [-0.15, -0.1) is 0 Å². The first-order valence-corrected chi connectivity index (χ1v) is 8.11. The first-order chi connectivity index (χ1) is 11.0. The van der Waals surface area contributed by atoms with Crippen LogP contribution in [0.15, 0.2) is 48.5 Å². The van der Waals surface area contributed by atoms with Crippen LogP contribution in [0.2, 0.25) is 0 Å². The average Bonchev–Trinajstić information content (AvgIpc) is 2.45. The van der Waals surface area contributed by atoms with Gasteiger partial charge in [0.25, 0.3) is 0 Å². The molecule has 0 amide bonds. The van der Waals surface area contributed by atoms with E-state index in [0.29, 0.717) is 11.4 Å². The molecule has 2 aromatic rings. The molecule has 0 bridgehead atoms. The molecule has 0 unspecified atom stereocenters. The summed E-state index contributed by atoms with van der Waals surface area (Å²) in [5.74, 6) is 1.54. The highest BCUT2D eigenvalue weighted by molar-refractivity contribution is 5.61. The van der Waals surface area contributed by atoms with E-state index in [1.807, 2.05) is 90.1 Å². The Morgan fingerprint density at radius 3 is 1.17 bits per heavy atom. The molecule has 0 radical (unpaired) electrons. The Kier molecular flexibility index (Phi) is 5.09. The van der Waals surface area contributed by atoms with Gasteiger partial charge < -0.3 is 9.47 Å². The summed E-state index contributed by atoms with van der Waals surface area (Å²) in [6.07, 6.45) is 0. The highest BCUT2D eigenvalue weighted by Gasteiger charge is 2.14. The van der Waals surface area contributed by atoms with E-state index in [0.717, 1.165) is 16.6 Å². The standard InChI is InChI=1S/C20H27NO3/c1-19(2,3)23-17-11-7-15(8-12-17)21(22)16-9-13-18(14-10-16)24-20(4,5)6/h7-14,22H,1-6H3. The van der Waals surface area contributed by atoms with Gasteiger partial charge in [0, 0.05) is 0 Å². The second-order valence-electron chi connectivity index (χ2n) is 7.73. The lowest BCUT2D eigenvalue weighted by Gasteiger charge is -2.23. The summed E-state index contributed by atoms with van der Waals surface area (Å²) >= 11 is 0. The van der Waals surface area contributed by atoms with Crippen LogP contribution in [0.4, 0.5) is 11.4 Å². The third-order valence-electron chi connectivity index (χ3n) is 3.01. The van der Waals surface area contributed by atoms with Gasteiger partial charge in [-0.1, -0.05) is 0 Å². The van der Waals surface area contributed by atoms with E-state index in [4.69, 9.17) is 9.47 Å². The third kappa shape index (κ3) is 5.46. The van der Waals surface area contributed by atoms with Crippen LogP contribution >= 0.6 is 0 Å². The Bertz CT molecular complexity index is 590. The first kappa shape index (κ1) is 18.1. The Morgan fingerprint density at radius 2 is 0.917 bits per heavy atom. The number of benzene rings is 2. The lowest BCUT2D eigenvalue weighted by molar-refractivity contribution is 0.130. The minimum atomic E-state index is -0.247. The van der Waals surface area contributed by atoms with Crippen LogP contribution < -0.4 is 14.5 Å². The molecule has 0 saturated carbocycles. The van der Waals surface area contributed by atoms with Gasteiger partial charge in [0.2, 0.25) is 0 Å². The van der Waals surface area contributed by atoms with E-state index in [1.165, 1.54) is 0 Å². The maximum atomic E-state index is 10.4. The zero-order chi connectivity index (χ0) is 18.0. The molecule has 2 rings (SSSR count). The molecular weight excluding hydrogens is 302 g/mol. The van der Waals surface area contributed by atoms with E-state index in [1.54, 1.807) is 0 Å². The quantitative estimate of drug-likeness (QED) is 0.745. The maximum Gasteiger partial charge on any atom is 0.120 e. The normalized spacial score (nSPS) is 12.0. The second-order valence-corrected chi connectivity index (χ2v) is 7.73. The van der Waals surface area contributed by atoms with Crippen molar-refractivity contribution in [2.24, 2.45) is 0 Å². The van der Waals surface area contributed by atoms with Crippen molar-refractivity contribution in [3.05, 3.63) is 48.5 Å². The van der Waals surface area contributed by atoms with E-state index >= 15 is 0 Å². The molecule has 0 aliphatic rings. The van der Waals surface area contributed by atoms with Gasteiger partial charge in [0.1, 0.15) is 22.7 Å². The highest BCUT2D eigenvalue weighted by Crippen LogP contribution is 2.28. The number of ether oxygens (including phenoxy) is 2. The number of nitrogens with zero attached hydrogens (tertiary/aromatic N) is 1. The van der Waals surface area contributed by atoms with Gasteiger partial charge in [0.05, 0.1) is 11.4 Å². The third-order valence-corrected chi connectivity index (χ3v) is 3.01. The Morgan fingerprint density at radius 1 is 0.625 bits per heavy atom. The van der Waals surface area contributed by atoms with Crippen LogP contribution in [0.1, 0.15) is 41.5 Å². The van der Waals surface area contributed by atoms with E-state index < -0.39 is 0 Å². The van der Waals surface area contributed by atoms with Crippen LogP contribution in [0.3, 0.4) is 0 Å². The maximum absolute atomic E-state index is 10.4. The van der Waals surface area contributed by atoms with Gasteiger partial charge in [-0.05, 0) is 90.1 Å². The predicted molar refractivity (Wildman–Crippen MR) is 97.6 cm³/mol. The van der Waals surface area contributed by atoms with E-state index in [2.05, 4.69) is 0 Å². The SMILES string of the molecule is CC(C)(C)Oc1ccc(N(O)c2ccc(OC(C)(C)C)cc2)cc1. The molecule has 0 fully saturated rings. The molecule has 0 aliphatic carbocycles. The first-order valence-electron chi connectivity index (χ1n) is 8.11. The fraction of sp³-hybridized carbons (Fsp3) is 0.400. The molecule has 130 valence electrons. The summed E-state index contributed by atoms with van der Waals surface area (Å²) in [6.45, 7) is 12.0. The minimum absolute atomic E-state index is 0.247. The topological polar surface area (TPSA) is 41.9 Å². The summed E-state index contributed by atoms with van der Waals surface area (Å²) in [7, 11) is 0. The minimum Gasteiger partial charge on any atom is -0.488 e. The molecule has 0 aromatic heterocycles. The Labute approximate surface area is 144 Å². The van der Waals surface area contributed by atoms with Crippen LogP contribution in [-0.4, -0.2) is 16.4 Å². The molecule has 4 heteroatoms. The van der Waals surface area contributed by atoms with Crippen molar-refractivity contribution in [1.82, 2.24) is 0 Å². The molecule has 0 heterocycles. The average molecular weight is 329 g/mol. The number of anilines is 2. The van der Waals surface area contributed by atoms with Crippen LogP contribution in [-0.2, 0) is 0 Å². The van der Waals surface area contributed by atoms with Gasteiger partial charge in [0.15, 0.2) is 0 Å². The summed E-state index contributed by atoms with van der Waals surface area (Å²) in [4.78, 5) is 0. The second kappa shape index (κ2) is 6.73.